The molecule has 2 amide bonds. The Morgan fingerprint density at radius 2 is 0.873 bits per heavy atom. The lowest BCUT2D eigenvalue weighted by Crippen LogP contribution is -2.41. The second-order valence-corrected chi connectivity index (χ2v) is 21.7. The number of hydrogen-bond acceptors (Lipinski definition) is 13. The van der Waals surface area contributed by atoms with Crippen LogP contribution < -0.4 is 10.6 Å². The summed E-state index contributed by atoms with van der Waals surface area (Å²) in [6, 6.07) is 22.7. The maximum Gasteiger partial charge on any atom is 0.307 e. The normalized spacial score (nSPS) is 15.2. The molecule has 2 aliphatic rings. The summed E-state index contributed by atoms with van der Waals surface area (Å²) in [6.45, 7) is 26.6. The fourth-order valence-corrected chi connectivity index (χ4v) is 8.17. The Labute approximate surface area is 475 Å². The Morgan fingerprint density at radius 3 is 1.15 bits per heavy atom. The predicted molar refractivity (Wildman–Crippen MR) is 316 cm³/mol. The van der Waals surface area contributed by atoms with Crippen molar-refractivity contribution >= 4 is 29.4 Å². The number of aliphatic hydroxyl groups is 1. The van der Waals surface area contributed by atoms with Gasteiger partial charge in [-0.2, -0.15) is 0 Å². The van der Waals surface area contributed by atoms with Crippen LogP contribution in [0, 0.1) is 10.8 Å². The van der Waals surface area contributed by atoms with Gasteiger partial charge in [0.1, 0.15) is 11.6 Å². The van der Waals surface area contributed by atoms with Gasteiger partial charge in [0.25, 0.3) is 0 Å². The number of amides is 2. The molecule has 0 bridgehead atoms. The van der Waals surface area contributed by atoms with Gasteiger partial charge in [0.15, 0.2) is 12.6 Å². The zero-order valence-electron chi connectivity index (χ0n) is 50.8. The number of rotatable bonds is 28. The van der Waals surface area contributed by atoms with Gasteiger partial charge in [-0.1, -0.05) is 135 Å². The minimum atomic E-state index is -0.811. The number of carboxylic acid groups (broad SMARTS) is 1. The van der Waals surface area contributed by atoms with Gasteiger partial charge < -0.3 is 54.5 Å². The maximum absolute atomic E-state index is 12.5. The first-order valence-corrected chi connectivity index (χ1v) is 28.7. The van der Waals surface area contributed by atoms with Crippen molar-refractivity contribution in [3.63, 3.8) is 0 Å². The first-order valence-electron chi connectivity index (χ1n) is 28.7. The number of carbonyl (C=O) groups is 5. The monoisotopic (exact) mass is 1110 g/mol. The summed E-state index contributed by atoms with van der Waals surface area (Å²) in [5, 5.41) is 23.5. The van der Waals surface area contributed by atoms with E-state index in [1.165, 1.54) is 19.6 Å². The molecule has 4 N–H and O–H groups in total. The largest absolute Gasteiger partial charge is 0.481 e. The minimum Gasteiger partial charge on any atom is -0.481 e. The average Bonchev–Trinajstić information content (AvgIpc) is 3.42. The van der Waals surface area contributed by atoms with E-state index in [0.29, 0.717) is 39.1 Å². The van der Waals surface area contributed by atoms with E-state index in [1.54, 1.807) is 13.8 Å². The van der Waals surface area contributed by atoms with Gasteiger partial charge in [0.2, 0.25) is 11.8 Å². The van der Waals surface area contributed by atoms with Gasteiger partial charge in [-0.05, 0) is 120 Å². The lowest BCUT2D eigenvalue weighted by molar-refractivity contribution is -0.169. The molecule has 2 fully saturated rings. The molecule has 2 saturated heterocycles. The third-order valence-electron chi connectivity index (χ3n) is 13.1. The highest BCUT2D eigenvalue weighted by atomic mass is 16.7. The van der Waals surface area contributed by atoms with Crippen molar-refractivity contribution in [3.05, 3.63) is 106 Å². The summed E-state index contributed by atoms with van der Waals surface area (Å²) >= 11 is 0. The summed E-state index contributed by atoms with van der Waals surface area (Å²) in [5.41, 5.74) is 4.16. The summed E-state index contributed by atoms with van der Waals surface area (Å²) in [5.74, 6) is -0.880. The summed E-state index contributed by atoms with van der Waals surface area (Å²) < 4.78 is 22.5. The second kappa shape index (κ2) is 41.1. The highest BCUT2D eigenvalue weighted by Gasteiger charge is 2.31. The number of aliphatic hydroxyl groups excluding tert-OH is 1. The van der Waals surface area contributed by atoms with Gasteiger partial charge >= 0.3 is 5.97 Å². The lowest BCUT2D eigenvalue weighted by atomic mass is 9.84. The van der Waals surface area contributed by atoms with Gasteiger partial charge in [-0.15, -0.1) is 0 Å². The molecular weight excluding hydrogens is 1000 g/mol. The number of nitrogens with one attached hydrogen (secondary N) is 2. The Bertz CT molecular complexity index is 2110. The molecule has 3 aromatic rings. The molecule has 3 aromatic carbocycles. The average molecular weight is 1110 g/mol. The zero-order valence-corrected chi connectivity index (χ0v) is 50.8. The maximum atomic E-state index is 12.5. The van der Waals surface area contributed by atoms with E-state index >= 15 is 0 Å². The van der Waals surface area contributed by atoms with Gasteiger partial charge in [-0.25, -0.2) is 0 Å². The minimum absolute atomic E-state index is 0.00558. The molecule has 16 heteroatoms. The Kier molecular flexibility index (Phi) is 37.5. The zero-order chi connectivity index (χ0) is 59.2. The molecule has 16 nitrogen and oxygen atoms in total. The second-order valence-electron chi connectivity index (χ2n) is 21.7. The fourth-order valence-electron chi connectivity index (χ4n) is 8.17. The van der Waals surface area contributed by atoms with E-state index in [2.05, 4.69) is 36.3 Å². The molecule has 2 unspecified atom stereocenters. The van der Waals surface area contributed by atoms with Crippen molar-refractivity contribution < 1.29 is 53.1 Å². The molecule has 0 aromatic heterocycles. The van der Waals surface area contributed by atoms with Crippen molar-refractivity contribution in [2.75, 3.05) is 87.2 Å². The van der Waals surface area contributed by atoms with Crippen molar-refractivity contribution in [2.45, 2.75) is 165 Å². The Hall–Kier alpha value is -4.91. The molecule has 0 aliphatic carbocycles. The fraction of sp³-hybridized carbons (Fsp3) is 0.635. The van der Waals surface area contributed by atoms with Gasteiger partial charge in [0, 0.05) is 65.1 Å². The molecule has 0 radical (unpaired) electrons. The molecule has 0 saturated carbocycles. The van der Waals surface area contributed by atoms with E-state index in [0.717, 1.165) is 98.2 Å². The quantitative estimate of drug-likeness (QED) is 0.0538. The molecular formula is C63H103N5O11. The highest BCUT2D eigenvalue weighted by Crippen LogP contribution is 2.24. The SMILES string of the molecule is CC.CCN(CC)CC.CN(C)CCNC(=O)C(C)(C)CC(=O)Cc1ccc(CO)cc1.CN(C)CCNC(=O)C(C)(C)CC(=O)Cc1ccc(COC2CCCCO2)cc1.O=C(O)Cc1ccc(COC2CCCCO2)cc1. The van der Waals surface area contributed by atoms with E-state index < -0.39 is 16.8 Å². The highest BCUT2D eigenvalue weighted by molar-refractivity contribution is 5.91. The Balaban J connectivity index is 0.000000560. The molecule has 446 valence electrons. The van der Waals surface area contributed by atoms with Crippen LogP contribution in [-0.4, -0.2) is 154 Å². The third kappa shape index (κ3) is 33.4. The van der Waals surface area contributed by atoms with Crippen LogP contribution in [0.3, 0.4) is 0 Å². The van der Waals surface area contributed by atoms with Gasteiger partial charge in [-0.3, -0.25) is 24.0 Å². The van der Waals surface area contributed by atoms with Crippen LogP contribution in [-0.2, 0) is 82.0 Å². The smallest absolute Gasteiger partial charge is 0.307 e. The predicted octanol–water partition coefficient (Wildman–Crippen LogP) is 9.05. The van der Waals surface area contributed by atoms with Crippen LogP contribution >= 0.6 is 0 Å². The molecule has 5 rings (SSSR count). The Morgan fingerprint density at radius 1 is 0.544 bits per heavy atom. The number of benzene rings is 3. The van der Waals surface area contributed by atoms with Crippen LogP contribution in [0.5, 0.6) is 0 Å². The van der Waals surface area contributed by atoms with E-state index in [1.807, 2.05) is 138 Å². The van der Waals surface area contributed by atoms with E-state index in [4.69, 9.17) is 29.2 Å². The number of nitrogens with zero attached hydrogens (tertiary/aromatic N) is 3. The van der Waals surface area contributed by atoms with Crippen molar-refractivity contribution in [3.8, 4) is 0 Å². The van der Waals surface area contributed by atoms with Crippen molar-refractivity contribution in [1.29, 1.82) is 0 Å². The summed E-state index contributed by atoms with van der Waals surface area (Å²) in [7, 11) is 7.82. The number of ether oxygens (including phenoxy) is 4. The van der Waals surface area contributed by atoms with Crippen molar-refractivity contribution in [2.24, 2.45) is 10.8 Å². The van der Waals surface area contributed by atoms with Crippen molar-refractivity contribution in [1.82, 2.24) is 25.3 Å². The number of aliphatic carboxylic acids is 1. The molecule has 79 heavy (non-hydrogen) atoms. The third-order valence-corrected chi connectivity index (χ3v) is 13.1. The summed E-state index contributed by atoms with van der Waals surface area (Å²) in [6.07, 6.45) is 7.39. The summed E-state index contributed by atoms with van der Waals surface area (Å²) in [4.78, 5) is 66.2. The van der Waals surface area contributed by atoms with Crippen LogP contribution in [0.4, 0.5) is 0 Å². The van der Waals surface area contributed by atoms with E-state index in [9.17, 15) is 24.0 Å². The molecule has 2 aliphatic heterocycles. The standard InChI is InChI=1S/C23H36N2O4.C18H28N2O3.C14H18O4.C6H15N.C2H6/c1-23(2,22(27)24-12-13-25(3)4)16-20(26)15-18-8-10-19(11-9-18)17-29-21-7-5-6-14-28-21;1-18(2,17(23)19-9-10-20(3)4)12-16(22)11-14-5-7-15(13-21)8-6-14;15-13(16)9-11-4-6-12(7-5-11)10-18-14-3-1-2-8-17-14;1-4-7(5-2)6-3;1-2/h8-11,21H,5-7,12-17H2,1-4H3,(H,24,27);5-8,21H,9-13H2,1-4H3,(H,19,23);4-7,14H,1-3,8-10H2,(H,15,16);4-6H2,1-3H3;1-2H3. The number of likely N-dealkylation sites (N-methyl/N-ethyl adjacent to an activating group) is 2. The number of hydrogen-bond donors (Lipinski definition) is 4. The number of Topliss-reactive ketones (excluding diaryl/α,β-unsaturated/α-hetero) is 2. The first kappa shape index (κ1) is 72.1. The van der Waals surface area contributed by atoms with Crippen LogP contribution in [0.25, 0.3) is 0 Å². The number of carbonyl (C=O) groups excluding carboxylic acids is 4. The van der Waals surface area contributed by atoms with Gasteiger partial charge in [0.05, 0.1) is 37.1 Å². The van der Waals surface area contributed by atoms with Crippen LogP contribution in [0.2, 0.25) is 0 Å². The lowest BCUT2D eigenvalue weighted by Gasteiger charge is -2.23. The number of ketones is 2. The molecule has 0 spiro atoms. The van der Waals surface area contributed by atoms with Crippen LogP contribution in [0.1, 0.15) is 147 Å². The molecule has 2 heterocycles. The van der Waals surface area contributed by atoms with Crippen LogP contribution in [0.15, 0.2) is 72.8 Å². The first-order chi connectivity index (χ1) is 37.6. The number of carboxylic acids is 1. The molecule has 2 atom stereocenters. The topological polar surface area (TPSA) is 197 Å². The van der Waals surface area contributed by atoms with E-state index in [-0.39, 0.29) is 61.8 Å².